The van der Waals surface area contributed by atoms with Crippen molar-refractivity contribution in [3.63, 3.8) is 0 Å². The van der Waals surface area contributed by atoms with E-state index in [0.717, 1.165) is 16.7 Å². The van der Waals surface area contributed by atoms with E-state index < -0.39 is 12.0 Å². The summed E-state index contributed by atoms with van der Waals surface area (Å²) in [6.45, 7) is 3.93. The predicted octanol–water partition coefficient (Wildman–Crippen LogP) is 2.73. The minimum absolute atomic E-state index is 0.264. The van der Waals surface area contributed by atoms with Crippen LogP contribution in [0.2, 0.25) is 0 Å². The fourth-order valence-corrected chi connectivity index (χ4v) is 2.33. The summed E-state index contributed by atoms with van der Waals surface area (Å²) in [7, 11) is 0. The van der Waals surface area contributed by atoms with E-state index in [1.165, 1.54) is 0 Å². The van der Waals surface area contributed by atoms with Crippen molar-refractivity contribution >= 4 is 11.9 Å². The van der Waals surface area contributed by atoms with Crippen molar-refractivity contribution in [1.82, 2.24) is 5.32 Å². The van der Waals surface area contributed by atoms with E-state index in [1.54, 1.807) is 30.3 Å². The van der Waals surface area contributed by atoms with Crippen LogP contribution < -0.4 is 5.32 Å². The molecule has 0 spiro atoms. The number of carbonyl (C=O) groups is 2. The molecule has 0 saturated heterocycles. The number of aryl methyl sites for hydroxylation is 2. The molecule has 0 radical (unpaired) electrons. The van der Waals surface area contributed by atoms with Crippen LogP contribution in [-0.2, 0) is 11.2 Å². The van der Waals surface area contributed by atoms with Gasteiger partial charge in [0, 0.05) is 12.0 Å². The molecule has 4 heteroatoms. The standard InChI is InChI=1S/C18H19NO3/c1-12-8-9-15(13(2)10-12)11-16(18(21)22)19-17(20)14-6-4-3-5-7-14/h3-10,16H,11H2,1-2H3,(H,19,20)(H,21,22). The second-order valence-electron chi connectivity index (χ2n) is 5.36. The van der Waals surface area contributed by atoms with Gasteiger partial charge in [0.2, 0.25) is 0 Å². The van der Waals surface area contributed by atoms with Gasteiger partial charge in [0.05, 0.1) is 0 Å². The molecule has 0 bridgehead atoms. The molecule has 114 valence electrons. The zero-order chi connectivity index (χ0) is 16.1. The first-order valence-electron chi connectivity index (χ1n) is 7.12. The molecule has 1 amide bonds. The van der Waals surface area contributed by atoms with Crippen molar-refractivity contribution in [2.75, 3.05) is 0 Å². The van der Waals surface area contributed by atoms with Crippen molar-refractivity contribution in [1.29, 1.82) is 0 Å². The Balaban J connectivity index is 2.14. The largest absolute Gasteiger partial charge is 0.480 e. The van der Waals surface area contributed by atoms with Crippen LogP contribution in [0.1, 0.15) is 27.0 Å². The summed E-state index contributed by atoms with van der Waals surface area (Å²) >= 11 is 0. The maximum absolute atomic E-state index is 12.1. The minimum Gasteiger partial charge on any atom is -0.480 e. The first-order chi connectivity index (χ1) is 10.5. The Bertz CT molecular complexity index is 680. The van der Waals surface area contributed by atoms with Crippen molar-refractivity contribution < 1.29 is 14.7 Å². The molecular weight excluding hydrogens is 278 g/mol. The molecule has 2 aromatic rings. The number of rotatable bonds is 5. The lowest BCUT2D eigenvalue weighted by Crippen LogP contribution is -2.42. The maximum Gasteiger partial charge on any atom is 0.326 e. The lowest BCUT2D eigenvalue weighted by atomic mass is 9.99. The Morgan fingerprint density at radius 2 is 1.77 bits per heavy atom. The van der Waals surface area contributed by atoms with Gasteiger partial charge in [0.15, 0.2) is 0 Å². The van der Waals surface area contributed by atoms with Crippen LogP contribution in [0.3, 0.4) is 0 Å². The van der Waals surface area contributed by atoms with Crippen molar-refractivity contribution in [2.45, 2.75) is 26.3 Å². The van der Waals surface area contributed by atoms with Crippen molar-refractivity contribution in [3.05, 3.63) is 70.8 Å². The molecule has 0 aliphatic rings. The Hall–Kier alpha value is -2.62. The van der Waals surface area contributed by atoms with E-state index >= 15 is 0 Å². The molecule has 0 fully saturated rings. The lowest BCUT2D eigenvalue weighted by Gasteiger charge is -2.16. The zero-order valence-electron chi connectivity index (χ0n) is 12.7. The first kappa shape index (κ1) is 15.8. The Morgan fingerprint density at radius 1 is 1.09 bits per heavy atom. The van der Waals surface area contributed by atoms with E-state index in [2.05, 4.69) is 5.32 Å². The number of hydrogen-bond acceptors (Lipinski definition) is 2. The van der Waals surface area contributed by atoms with Gasteiger partial charge < -0.3 is 10.4 Å². The highest BCUT2D eigenvalue weighted by Crippen LogP contribution is 2.13. The SMILES string of the molecule is Cc1ccc(CC(NC(=O)c2ccccc2)C(=O)O)c(C)c1. The molecule has 0 aliphatic carbocycles. The third kappa shape index (κ3) is 3.95. The van der Waals surface area contributed by atoms with Gasteiger partial charge in [-0.05, 0) is 37.1 Å². The normalized spacial score (nSPS) is 11.7. The molecule has 0 heterocycles. The molecular formula is C18H19NO3. The molecule has 1 atom stereocenters. The summed E-state index contributed by atoms with van der Waals surface area (Å²) in [6, 6.07) is 13.5. The zero-order valence-corrected chi connectivity index (χ0v) is 12.7. The fourth-order valence-electron chi connectivity index (χ4n) is 2.33. The molecule has 0 aromatic heterocycles. The monoisotopic (exact) mass is 297 g/mol. The lowest BCUT2D eigenvalue weighted by molar-refractivity contribution is -0.139. The Kier molecular flexibility index (Phi) is 4.94. The van der Waals surface area contributed by atoms with Gasteiger partial charge in [-0.2, -0.15) is 0 Å². The number of nitrogens with one attached hydrogen (secondary N) is 1. The second-order valence-corrected chi connectivity index (χ2v) is 5.36. The van der Waals surface area contributed by atoms with Crippen LogP contribution in [0.25, 0.3) is 0 Å². The molecule has 1 unspecified atom stereocenters. The van der Waals surface area contributed by atoms with Crippen molar-refractivity contribution in [3.8, 4) is 0 Å². The molecule has 2 rings (SSSR count). The van der Waals surface area contributed by atoms with Crippen LogP contribution in [-0.4, -0.2) is 23.0 Å². The van der Waals surface area contributed by atoms with Crippen LogP contribution in [0.15, 0.2) is 48.5 Å². The van der Waals surface area contributed by atoms with Crippen molar-refractivity contribution in [2.24, 2.45) is 0 Å². The third-order valence-electron chi connectivity index (χ3n) is 3.56. The summed E-state index contributed by atoms with van der Waals surface area (Å²) in [5, 5.41) is 11.9. The average molecular weight is 297 g/mol. The number of carboxylic acids is 1. The highest BCUT2D eigenvalue weighted by molar-refractivity contribution is 5.96. The van der Waals surface area contributed by atoms with Crippen LogP contribution in [0.5, 0.6) is 0 Å². The summed E-state index contributed by atoms with van der Waals surface area (Å²) in [5.41, 5.74) is 3.53. The van der Waals surface area contributed by atoms with E-state index in [4.69, 9.17) is 0 Å². The van der Waals surface area contributed by atoms with Crippen LogP contribution in [0.4, 0.5) is 0 Å². The molecule has 0 aliphatic heterocycles. The Labute approximate surface area is 129 Å². The summed E-state index contributed by atoms with van der Waals surface area (Å²) in [6.07, 6.45) is 0.264. The molecule has 4 nitrogen and oxygen atoms in total. The molecule has 2 aromatic carbocycles. The topological polar surface area (TPSA) is 66.4 Å². The highest BCUT2D eigenvalue weighted by atomic mass is 16.4. The third-order valence-corrected chi connectivity index (χ3v) is 3.56. The molecule has 22 heavy (non-hydrogen) atoms. The van der Waals surface area contributed by atoms with E-state index in [0.29, 0.717) is 5.56 Å². The van der Waals surface area contributed by atoms with Gasteiger partial charge in [-0.3, -0.25) is 4.79 Å². The van der Waals surface area contributed by atoms with Gasteiger partial charge in [-0.1, -0.05) is 42.0 Å². The number of amides is 1. The van der Waals surface area contributed by atoms with E-state index in [9.17, 15) is 14.7 Å². The summed E-state index contributed by atoms with van der Waals surface area (Å²) in [4.78, 5) is 23.5. The molecule has 0 saturated carbocycles. The summed E-state index contributed by atoms with van der Waals surface area (Å²) in [5.74, 6) is -1.41. The van der Waals surface area contributed by atoms with Gasteiger partial charge >= 0.3 is 5.97 Å². The number of carboxylic acid groups (broad SMARTS) is 1. The van der Waals surface area contributed by atoms with E-state index in [1.807, 2.05) is 32.0 Å². The quantitative estimate of drug-likeness (QED) is 0.891. The Morgan fingerprint density at radius 3 is 2.36 bits per heavy atom. The van der Waals surface area contributed by atoms with Gasteiger partial charge in [0.1, 0.15) is 6.04 Å². The van der Waals surface area contributed by atoms with Gasteiger partial charge in [-0.15, -0.1) is 0 Å². The predicted molar refractivity (Wildman–Crippen MR) is 85.0 cm³/mol. The van der Waals surface area contributed by atoms with Gasteiger partial charge in [0.25, 0.3) is 5.91 Å². The van der Waals surface area contributed by atoms with E-state index in [-0.39, 0.29) is 12.3 Å². The van der Waals surface area contributed by atoms with Crippen LogP contribution >= 0.6 is 0 Å². The highest BCUT2D eigenvalue weighted by Gasteiger charge is 2.21. The number of benzene rings is 2. The average Bonchev–Trinajstić information content (AvgIpc) is 2.49. The minimum atomic E-state index is -1.04. The smallest absolute Gasteiger partial charge is 0.326 e. The summed E-state index contributed by atoms with van der Waals surface area (Å²) < 4.78 is 0. The van der Waals surface area contributed by atoms with Crippen LogP contribution in [0, 0.1) is 13.8 Å². The number of carbonyl (C=O) groups excluding carboxylic acids is 1. The maximum atomic E-state index is 12.1. The molecule has 2 N–H and O–H groups in total. The first-order valence-corrected chi connectivity index (χ1v) is 7.12. The number of aliphatic carboxylic acids is 1. The van der Waals surface area contributed by atoms with Gasteiger partial charge in [-0.25, -0.2) is 4.79 Å². The fraction of sp³-hybridized carbons (Fsp3) is 0.222. The second kappa shape index (κ2) is 6.89. The number of hydrogen-bond donors (Lipinski definition) is 2.